The molecule has 0 aromatic heterocycles. The molecular formula is C7H12O4S6. The third-order valence-electron chi connectivity index (χ3n) is 0.840. The molecule has 0 rings (SSSR count). The third-order valence-corrected chi connectivity index (χ3v) is 7.99. The van der Waals surface area contributed by atoms with Crippen molar-refractivity contribution in [3.63, 3.8) is 0 Å². The zero-order valence-corrected chi connectivity index (χ0v) is 14.1. The van der Waals surface area contributed by atoms with Crippen molar-refractivity contribution in [1.29, 1.82) is 0 Å². The summed E-state index contributed by atoms with van der Waals surface area (Å²) in [4.78, 5) is 22.2. The van der Waals surface area contributed by atoms with E-state index in [4.69, 9.17) is 8.37 Å². The first-order valence-corrected chi connectivity index (χ1v) is 10.6. The van der Waals surface area contributed by atoms with Crippen LogP contribution in [0, 0.1) is 0 Å². The van der Waals surface area contributed by atoms with Gasteiger partial charge in [0.05, 0.1) is 42.4 Å². The first-order valence-electron chi connectivity index (χ1n) is 4.46. The van der Waals surface area contributed by atoms with Gasteiger partial charge in [0.1, 0.15) is 0 Å². The molecule has 10 heteroatoms. The molecule has 0 aliphatic rings. The van der Waals surface area contributed by atoms with Crippen molar-refractivity contribution in [3.8, 4) is 0 Å². The summed E-state index contributed by atoms with van der Waals surface area (Å²) in [5.41, 5.74) is 0. The lowest BCUT2D eigenvalue weighted by atomic mass is 10.9. The average molecular weight is 353 g/mol. The monoisotopic (exact) mass is 352 g/mol. The molecule has 100 valence electrons. The smallest absolute Gasteiger partial charge is 0.283 e. The summed E-state index contributed by atoms with van der Waals surface area (Å²) in [6.07, 6.45) is 0. The standard InChI is InChI=1S/C7H12O4S6/c1-3-10-14-6(8)16-12-5-13-17-7(9)15-11-4-2/h3-5H2,1-2H3. The van der Waals surface area contributed by atoms with Gasteiger partial charge in [-0.3, -0.25) is 9.59 Å². The summed E-state index contributed by atoms with van der Waals surface area (Å²) >= 11 is 1.70. The van der Waals surface area contributed by atoms with E-state index in [2.05, 4.69) is 0 Å². The summed E-state index contributed by atoms with van der Waals surface area (Å²) in [7, 11) is 5.00. The second-order valence-corrected chi connectivity index (χ2v) is 8.97. The van der Waals surface area contributed by atoms with Crippen LogP contribution in [0.4, 0.5) is 9.59 Å². The van der Waals surface area contributed by atoms with E-state index in [0.717, 1.165) is 45.7 Å². The number of carbonyl (C=O) groups excluding carboxylic acids is 2. The third kappa shape index (κ3) is 13.6. The maximum absolute atomic E-state index is 11.1. The van der Waals surface area contributed by atoms with Crippen molar-refractivity contribution in [2.45, 2.75) is 13.8 Å². The molecule has 0 aliphatic heterocycles. The lowest BCUT2D eigenvalue weighted by molar-refractivity contribution is 0.274. The van der Waals surface area contributed by atoms with Crippen molar-refractivity contribution in [2.75, 3.05) is 18.3 Å². The van der Waals surface area contributed by atoms with Crippen LogP contribution in [0.25, 0.3) is 0 Å². The molecule has 0 aromatic rings. The van der Waals surface area contributed by atoms with Gasteiger partial charge in [-0.15, -0.1) is 0 Å². The molecule has 0 bridgehead atoms. The highest BCUT2D eigenvalue weighted by Gasteiger charge is 2.07. The fourth-order valence-electron chi connectivity index (χ4n) is 0.406. The molecule has 4 nitrogen and oxygen atoms in total. The molecule has 0 atom stereocenters. The highest BCUT2D eigenvalue weighted by Crippen LogP contribution is 2.37. The van der Waals surface area contributed by atoms with E-state index in [1.54, 1.807) is 0 Å². The first-order chi connectivity index (χ1) is 8.20. The van der Waals surface area contributed by atoms with Gasteiger partial charge < -0.3 is 8.37 Å². The van der Waals surface area contributed by atoms with E-state index in [0.29, 0.717) is 18.3 Å². The van der Waals surface area contributed by atoms with Crippen molar-refractivity contribution in [3.05, 3.63) is 0 Å². The van der Waals surface area contributed by atoms with Gasteiger partial charge in [0, 0.05) is 0 Å². The zero-order chi connectivity index (χ0) is 12.9. The van der Waals surface area contributed by atoms with Gasteiger partial charge in [0.25, 0.3) is 8.89 Å². The van der Waals surface area contributed by atoms with Crippen LogP contribution in [0.15, 0.2) is 0 Å². The number of hydrogen-bond donors (Lipinski definition) is 0. The Labute approximate surface area is 125 Å². The predicted octanol–water partition coefficient (Wildman–Crippen LogP) is 5.32. The van der Waals surface area contributed by atoms with Gasteiger partial charge in [-0.1, -0.05) is 21.6 Å². The molecule has 0 aromatic carbocycles. The van der Waals surface area contributed by atoms with E-state index >= 15 is 0 Å². The summed E-state index contributed by atoms with van der Waals surface area (Å²) in [5, 5.41) is 0.645. The second-order valence-electron chi connectivity index (χ2n) is 2.00. The van der Waals surface area contributed by atoms with E-state index in [-0.39, 0.29) is 8.89 Å². The molecule has 0 aliphatic carbocycles. The Bertz CT molecular complexity index is 204. The maximum atomic E-state index is 11.1. The minimum Gasteiger partial charge on any atom is -0.308 e. The zero-order valence-electron chi connectivity index (χ0n) is 9.20. The lowest BCUT2D eigenvalue weighted by Gasteiger charge is -1.99. The Kier molecular flexibility index (Phi) is 14.9. The molecule has 0 heterocycles. The molecule has 0 fully saturated rings. The highest BCUT2D eigenvalue weighted by atomic mass is 33.1. The van der Waals surface area contributed by atoms with Crippen molar-refractivity contribution in [2.24, 2.45) is 0 Å². The molecule has 0 saturated carbocycles. The fourth-order valence-corrected chi connectivity index (χ4v) is 6.30. The Balaban J connectivity index is 3.28. The molecule has 0 N–H and O–H groups in total. The fraction of sp³-hybridized carbons (Fsp3) is 0.714. The SMILES string of the molecule is CCOSC(=O)SSCSSC(=O)SOCC. The number of hydrogen-bond acceptors (Lipinski definition) is 10. The summed E-state index contributed by atoms with van der Waals surface area (Å²) in [6.45, 7) is 4.67. The minimum atomic E-state index is -0.0857. The van der Waals surface area contributed by atoms with E-state index in [1.807, 2.05) is 13.8 Å². The molecular weight excluding hydrogens is 340 g/mol. The van der Waals surface area contributed by atoms with Gasteiger partial charge in [0.2, 0.25) is 0 Å². The van der Waals surface area contributed by atoms with Crippen LogP contribution in [-0.4, -0.2) is 27.2 Å². The predicted molar refractivity (Wildman–Crippen MR) is 84.5 cm³/mol. The van der Waals surface area contributed by atoms with Gasteiger partial charge in [-0.05, 0) is 35.4 Å². The average Bonchev–Trinajstić information content (AvgIpc) is 2.33. The van der Waals surface area contributed by atoms with Crippen LogP contribution in [0.1, 0.15) is 13.8 Å². The van der Waals surface area contributed by atoms with E-state index in [9.17, 15) is 9.59 Å². The van der Waals surface area contributed by atoms with E-state index < -0.39 is 0 Å². The van der Waals surface area contributed by atoms with Crippen molar-refractivity contribution >= 4 is 76.2 Å². The van der Waals surface area contributed by atoms with Crippen LogP contribution < -0.4 is 0 Å². The number of carbonyl (C=O) groups is 2. The topological polar surface area (TPSA) is 52.6 Å². The van der Waals surface area contributed by atoms with E-state index in [1.165, 1.54) is 21.6 Å². The Morgan fingerprint density at radius 3 is 1.65 bits per heavy atom. The summed E-state index contributed by atoms with van der Waals surface area (Å²) in [6, 6.07) is 0. The Morgan fingerprint density at radius 2 is 1.29 bits per heavy atom. The second kappa shape index (κ2) is 13.8. The largest absolute Gasteiger partial charge is 0.308 e. The van der Waals surface area contributed by atoms with Crippen LogP contribution in [0.2, 0.25) is 0 Å². The molecule has 0 radical (unpaired) electrons. The molecule has 17 heavy (non-hydrogen) atoms. The van der Waals surface area contributed by atoms with Gasteiger partial charge in [-0.25, -0.2) is 0 Å². The molecule has 0 spiro atoms. The Hall–Kier alpha value is 1.36. The molecule has 0 saturated heterocycles. The van der Waals surface area contributed by atoms with Crippen LogP contribution in [0.3, 0.4) is 0 Å². The van der Waals surface area contributed by atoms with Crippen molar-refractivity contribution < 1.29 is 18.0 Å². The van der Waals surface area contributed by atoms with Gasteiger partial charge in [-0.2, -0.15) is 0 Å². The van der Waals surface area contributed by atoms with Crippen LogP contribution >= 0.6 is 67.3 Å². The molecule has 0 unspecified atom stereocenters. The Morgan fingerprint density at radius 1 is 0.882 bits per heavy atom. The van der Waals surface area contributed by atoms with Crippen molar-refractivity contribution in [1.82, 2.24) is 0 Å². The summed E-state index contributed by atoms with van der Waals surface area (Å²) in [5.74, 6) is 0. The minimum absolute atomic E-state index is 0.0857. The number of rotatable bonds is 8. The first kappa shape index (κ1) is 18.4. The quantitative estimate of drug-likeness (QED) is 0.248. The normalized spacial score (nSPS) is 10.5. The van der Waals surface area contributed by atoms with Crippen LogP contribution in [-0.2, 0) is 8.37 Å². The van der Waals surface area contributed by atoms with Crippen LogP contribution in [0.5, 0.6) is 0 Å². The maximum Gasteiger partial charge on any atom is 0.283 e. The highest BCUT2D eigenvalue weighted by molar-refractivity contribution is 8.92. The molecule has 0 amide bonds. The van der Waals surface area contributed by atoms with Gasteiger partial charge in [0.15, 0.2) is 0 Å². The lowest BCUT2D eigenvalue weighted by Crippen LogP contribution is -1.83. The van der Waals surface area contributed by atoms with Gasteiger partial charge >= 0.3 is 0 Å². The summed E-state index contributed by atoms with van der Waals surface area (Å²) < 4.78 is 9.59.